The molecule has 1 aromatic heterocycles. The predicted octanol–water partition coefficient (Wildman–Crippen LogP) is 4.72. The molecule has 0 bridgehead atoms. The molecule has 3 aromatic rings. The molecule has 2 aromatic carbocycles. The Morgan fingerprint density at radius 2 is 1.55 bits per heavy atom. The molecule has 0 fully saturated rings. The summed E-state index contributed by atoms with van der Waals surface area (Å²) in [6, 6.07) is 24.0. The second-order valence-electron chi connectivity index (χ2n) is 5.00. The van der Waals surface area contributed by atoms with Gasteiger partial charge in [-0.2, -0.15) is 0 Å². The van der Waals surface area contributed by atoms with Crippen LogP contribution in [0.15, 0.2) is 85.6 Å². The summed E-state index contributed by atoms with van der Waals surface area (Å²) < 4.78 is 5.74. The van der Waals surface area contributed by atoms with Crippen molar-refractivity contribution in [2.45, 2.75) is 6.61 Å². The molecule has 0 atom stereocenters. The first kappa shape index (κ1) is 14.1. The van der Waals surface area contributed by atoms with Gasteiger partial charge >= 0.3 is 0 Å². The fourth-order valence-corrected chi connectivity index (χ4v) is 2.17. The summed E-state index contributed by atoms with van der Waals surface area (Å²) in [7, 11) is 0. The number of ether oxygens (including phenoxy) is 1. The Morgan fingerprint density at radius 1 is 0.864 bits per heavy atom. The van der Waals surface area contributed by atoms with Crippen molar-refractivity contribution < 1.29 is 4.74 Å². The van der Waals surface area contributed by atoms with Gasteiger partial charge in [0.1, 0.15) is 12.4 Å². The molecule has 108 valence electrons. The zero-order valence-electron chi connectivity index (χ0n) is 12.3. The average molecular weight is 287 g/mol. The van der Waals surface area contributed by atoms with Crippen molar-refractivity contribution in [1.29, 1.82) is 0 Å². The number of nitrogens with zero attached hydrogens (tertiary/aromatic N) is 1. The molecule has 22 heavy (non-hydrogen) atoms. The molecule has 0 unspecified atom stereocenters. The highest BCUT2D eigenvalue weighted by molar-refractivity contribution is 5.75. The lowest BCUT2D eigenvalue weighted by atomic mass is 10.0. The van der Waals surface area contributed by atoms with E-state index in [1.54, 1.807) is 6.20 Å². The zero-order valence-corrected chi connectivity index (χ0v) is 12.3. The van der Waals surface area contributed by atoms with Crippen molar-refractivity contribution in [3.63, 3.8) is 0 Å². The van der Waals surface area contributed by atoms with Crippen LogP contribution >= 0.6 is 0 Å². The number of hydrogen-bond acceptors (Lipinski definition) is 2. The summed E-state index contributed by atoms with van der Waals surface area (Å²) in [5, 5.41) is 0. The van der Waals surface area contributed by atoms with Crippen LogP contribution in [0.2, 0.25) is 0 Å². The Hall–Kier alpha value is -2.87. The average Bonchev–Trinajstić information content (AvgIpc) is 2.61. The van der Waals surface area contributed by atoms with Crippen molar-refractivity contribution in [2.75, 3.05) is 0 Å². The minimum absolute atomic E-state index is 0.543. The molecule has 0 spiro atoms. The van der Waals surface area contributed by atoms with E-state index in [0.717, 1.165) is 28.1 Å². The van der Waals surface area contributed by atoms with Crippen molar-refractivity contribution in [2.24, 2.45) is 0 Å². The molecule has 0 radical (unpaired) electrons. The second kappa shape index (κ2) is 6.72. The SMILES string of the molecule is C=C(c1ccccc1)c1ccc(OCc2ccccc2)cn1. The fraction of sp³-hybridized carbons (Fsp3) is 0.0500. The van der Waals surface area contributed by atoms with E-state index in [1.807, 2.05) is 72.8 Å². The van der Waals surface area contributed by atoms with Crippen molar-refractivity contribution in [3.8, 4) is 5.75 Å². The van der Waals surface area contributed by atoms with Gasteiger partial charge in [0, 0.05) is 5.57 Å². The van der Waals surface area contributed by atoms with E-state index in [0.29, 0.717) is 6.61 Å². The van der Waals surface area contributed by atoms with Gasteiger partial charge in [0.2, 0.25) is 0 Å². The lowest BCUT2D eigenvalue weighted by Gasteiger charge is -2.08. The quantitative estimate of drug-likeness (QED) is 0.677. The van der Waals surface area contributed by atoms with E-state index in [9.17, 15) is 0 Å². The van der Waals surface area contributed by atoms with E-state index in [-0.39, 0.29) is 0 Å². The van der Waals surface area contributed by atoms with Crippen LogP contribution in [0.3, 0.4) is 0 Å². The minimum Gasteiger partial charge on any atom is -0.487 e. The van der Waals surface area contributed by atoms with Crippen molar-refractivity contribution >= 4 is 5.57 Å². The molecule has 2 nitrogen and oxygen atoms in total. The van der Waals surface area contributed by atoms with Crippen LogP contribution < -0.4 is 4.74 Å². The molecular weight excluding hydrogens is 270 g/mol. The smallest absolute Gasteiger partial charge is 0.138 e. The highest BCUT2D eigenvalue weighted by Gasteiger charge is 2.04. The Bertz CT molecular complexity index is 734. The summed E-state index contributed by atoms with van der Waals surface area (Å²) in [5.74, 6) is 0.758. The van der Waals surface area contributed by atoms with Gasteiger partial charge in [-0.1, -0.05) is 67.2 Å². The normalized spacial score (nSPS) is 10.2. The Morgan fingerprint density at radius 3 is 2.18 bits per heavy atom. The van der Waals surface area contributed by atoms with Crippen LogP contribution in [-0.2, 0) is 6.61 Å². The Balaban J connectivity index is 1.67. The van der Waals surface area contributed by atoms with Crippen LogP contribution in [0.1, 0.15) is 16.8 Å². The first-order valence-electron chi connectivity index (χ1n) is 7.20. The molecule has 0 saturated carbocycles. The summed E-state index contributed by atoms with van der Waals surface area (Å²) in [5.41, 5.74) is 3.99. The predicted molar refractivity (Wildman–Crippen MR) is 89.6 cm³/mol. The highest BCUT2D eigenvalue weighted by Crippen LogP contribution is 2.21. The van der Waals surface area contributed by atoms with E-state index in [4.69, 9.17) is 4.74 Å². The maximum Gasteiger partial charge on any atom is 0.138 e. The molecular formula is C20H17NO. The lowest BCUT2D eigenvalue weighted by molar-refractivity contribution is 0.305. The first-order chi connectivity index (χ1) is 10.8. The summed E-state index contributed by atoms with van der Waals surface area (Å²) >= 11 is 0. The van der Waals surface area contributed by atoms with E-state index < -0.39 is 0 Å². The Labute approximate surface area is 130 Å². The van der Waals surface area contributed by atoms with Gasteiger partial charge < -0.3 is 4.74 Å². The molecule has 0 N–H and O–H groups in total. The number of benzene rings is 2. The molecule has 1 heterocycles. The third kappa shape index (κ3) is 3.41. The molecule has 0 saturated heterocycles. The maximum atomic E-state index is 5.74. The summed E-state index contributed by atoms with van der Waals surface area (Å²) in [6.45, 7) is 4.66. The van der Waals surface area contributed by atoms with Crippen molar-refractivity contribution in [3.05, 3.63) is 102 Å². The molecule has 0 aliphatic rings. The molecule has 0 aliphatic carbocycles. The first-order valence-corrected chi connectivity index (χ1v) is 7.20. The van der Waals surface area contributed by atoms with Crippen LogP contribution in [-0.4, -0.2) is 4.98 Å². The number of rotatable bonds is 5. The van der Waals surface area contributed by atoms with E-state index in [2.05, 4.69) is 11.6 Å². The van der Waals surface area contributed by atoms with E-state index in [1.165, 1.54) is 0 Å². The van der Waals surface area contributed by atoms with Crippen molar-refractivity contribution in [1.82, 2.24) is 4.98 Å². The van der Waals surface area contributed by atoms with Crippen LogP contribution in [0.5, 0.6) is 5.75 Å². The zero-order chi connectivity index (χ0) is 15.2. The van der Waals surface area contributed by atoms with Gasteiger partial charge in [-0.25, -0.2) is 0 Å². The standard InChI is InChI=1S/C20H17NO/c1-16(18-10-6-3-7-11-18)20-13-12-19(14-21-20)22-15-17-8-4-2-5-9-17/h2-14H,1,15H2. The molecule has 0 aliphatic heterocycles. The van der Waals surface area contributed by atoms with Crippen LogP contribution in [0.25, 0.3) is 5.57 Å². The maximum absolute atomic E-state index is 5.74. The number of aromatic nitrogens is 1. The largest absolute Gasteiger partial charge is 0.487 e. The minimum atomic E-state index is 0.543. The third-order valence-corrected chi connectivity index (χ3v) is 3.42. The topological polar surface area (TPSA) is 22.1 Å². The second-order valence-corrected chi connectivity index (χ2v) is 5.00. The van der Waals surface area contributed by atoms with Gasteiger partial charge in [-0.3, -0.25) is 4.98 Å². The number of pyridine rings is 1. The monoisotopic (exact) mass is 287 g/mol. The van der Waals surface area contributed by atoms with Crippen LogP contribution in [0, 0.1) is 0 Å². The van der Waals surface area contributed by atoms with Gasteiger partial charge in [-0.15, -0.1) is 0 Å². The van der Waals surface area contributed by atoms with Crippen LogP contribution in [0.4, 0.5) is 0 Å². The van der Waals surface area contributed by atoms with Gasteiger partial charge in [0.15, 0.2) is 0 Å². The molecule has 3 rings (SSSR count). The summed E-state index contributed by atoms with van der Waals surface area (Å²) in [4.78, 5) is 4.44. The van der Waals surface area contributed by atoms with Gasteiger partial charge in [-0.05, 0) is 23.3 Å². The van der Waals surface area contributed by atoms with Gasteiger partial charge in [0.25, 0.3) is 0 Å². The molecule has 2 heteroatoms. The molecule has 0 amide bonds. The van der Waals surface area contributed by atoms with E-state index >= 15 is 0 Å². The fourth-order valence-electron chi connectivity index (χ4n) is 2.17. The number of hydrogen-bond donors (Lipinski definition) is 0. The lowest BCUT2D eigenvalue weighted by Crippen LogP contribution is -1.96. The third-order valence-electron chi connectivity index (χ3n) is 3.42. The Kier molecular flexibility index (Phi) is 4.30. The van der Waals surface area contributed by atoms with Gasteiger partial charge in [0.05, 0.1) is 11.9 Å². The summed E-state index contributed by atoms with van der Waals surface area (Å²) in [6.07, 6.45) is 1.74. The highest BCUT2D eigenvalue weighted by atomic mass is 16.5.